The molecule has 9 heteroatoms. The van der Waals surface area contributed by atoms with Crippen LogP contribution in [0.15, 0.2) is 53.6 Å². The van der Waals surface area contributed by atoms with Crippen molar-refractivity contribution in [1.82, 2.24) is 24.9 Å². The van der Waals surface area contributed by atoms with Gasteiger partial charge in [0.15, 0.2) is 5.82 Å². The lowest BCUT2D eigenvalue weighted by Gasteiger charge is -2.11. The lowest BCUT2D eigenvalue weighted by molar-refractivity contribution is 0.0948. The number of carbonyl (C=O) groups is 1. The number of rotatable bonds is 7. The van der Waals surface area contributed by atoms with E-state index in [0.717, 1.165) is 0 Å². The molecular weight excluding hydrogens is 350 g/mol. The van der Waals surface area contributed by atoms with Crippen LogP contribution < -0.4 is 20.3 Å². The predicted octanol–water partition coefficient (Wildman–Crippen LogP) is 0.876. The number of carbonyl (C=O) groups excluding carboxylic acids is 1. The number of hydrogen-bond donors (Lipinski definition) is 1. The van der Waals surface area contributed by atoms with Crippen molar-refractivity contribution in [3.05, 3.63) is 64.7 Å². The first-order chi connectivity index (χ1) is 13.1. The quantitative estimate of drug-likeness (QED) is 0.663. The van der Waals surface area contributed by atoms with Gasteiger partial charge in [-0.1, -0.05) is 0 Å². The average Bonchev–Trinajstić information content (AvgIpc) is 3.23. The van der Waals surface area contributed by atoms with Gasteiger partial charge in [-0.15, -0.1) is 5.10 Å². The van der Waals surface area contributed by atoms with Crippen molar-refractivity contribution in [2.45, 2.75) is 6.54 Å². The average molecular weight is 369 g/mol. The first-order valence-electron chi connectivity index (χ1n) is 8.21. The zero-order valence-electron chi connectivity index (χ0n) is 15.0. The van der Waals surface area contributed by atoms with E-state index in [-0.39, 0.29) is 24.6 Å². The molecule has 0 aliphatic rings. The number of methoxy groups -OCH3 is 2. The van der Waals surface area contributed by atoms with Gasteiger partial charge in [0.2, 0.25) is 0 Å². The van der Waals surface area contributed by atoms with E-state index >= 15 is 0 Å². The number of amides is 1. The number of benzene rings is 1. The van der Waals surface area contributed by atoms with Crippen LogP contribution in [0.2, 0.25) is 0 Å². The maximum absolute atomic E-state index is 12.4. The van der Waals surface area contributed by atoms with E-state index in [9.17, 15) is 9.59 Å². The summed E-state index contributed by atoms with van der Waals surface area (Å²) in [6.45, 7) is 0.446. The van der Waals surface area contributed by atoms with Crippen molar-refractivity contribution in [3.63, 3.8) is 0 Å². The molecule has 9 nitrogen and oxygen atoms in total. The third-order valence-corrected chi connectivity index (χ3v) is 3.85. The molecule has 2 aromatic heterocycles. The minimum Gasteiger partial charge on any atom is -0.497 e. The van der Waals surface area contributed by atoms with Crippen LogP contribution in [-0.4, -0.2) is 46.2 Å². The van der Waals surface area contributed by atoms with Crippen molar-refractivity contribution >= 4 is 5.91 Å². The third kappa shape index (κ3) is 4.14. The van der Waals surface area contributed by atoms with Crippen LogP contribution >= 0.6 is 0 Å². The molecule has 0 saturated heterocycles. The molecule has 140 valence electrons. The van der Waals surface area contributed by atoms with Crippen LogP contribution in [0.1, 0.15) is 10.4 Å². The van der Waals surface area contributed by atoms with Gasteiger partial charge in [0, 0.05) is 31.1 Å². The van der Waals surface area contributed by atoms with E-state index in [1.807, 2.05) is 0 Å². The Morgan fingerprint density at radius 3 is 2.74 bits per heavy atom. The number of aromatic nitrogens is 4. The van der Waals surface area contributed by atoms with Crippen LogP contribution in [-0.2, 0) is 6.54 Å². The van der Waals surface area contributed by atoms with Crippen LogP contribution in [0.4, 0.5) is 0 Å². The fourth-order valence-electron chi connectivity index (χ4n) is 2.48. The highest BCUT2D eigenvalue weighted by molar-refractivity contribution is 5.97. The molecule has 1 amide bonds. The van der Waals surface area contributed by atoms with Crippen molar-refractivity contribution < 1.29 is 14.3 Å². The Bertz CT molecular complexity index is 982. The summed E-state index contributed by atoms with van der Waals surface area (Å²) in [4.78, 5) is 24.4. The molecule has 0 fully saturated rings. The molecule has 3 rings (SSSR count). The topological polar surface area (TPSA) is 100 Å². The summed E-state index contributed by atoms with van der Waals surface area (Å²) in [5.41, 5.74) is 0.117. The second-order valence-electron chi connectivity index (χ2n) is 5.53. The Morgan fingerprint density at radius 2 is 2.04 bits per heavy atom. The fraction of sp³-hybridized carbons (Fsp3) is 0.222. The van der Waals surface area contributed by atoms with E-state index in [1.54, 1.807) is 47.4 Å². The Kier molecular flexibility index (Phi) is 5.50. The number of hydrogen-bond acceptors (Lipinski definition) is 6. The molecule has 0 spiro atoms. The lowest BCUT2D eigenvalue weighted by atomic mass is 10.1. The second-order valence-corrected chi connectivity index (χ2v) is 5.53. The van der Waals surface area contributed by atoms with Gasteiger partial charge in [-0.3, -0.25) is 9.59 Å². The lowest BCUT2D eigenvalue weighted by Crippen LogP contribution is -2.32. The summed E-state index contributed by atoms with van der Waals surface area (Å²) >= 11 is 0. The molecule has 0 radical (unpaired) electrons. The van der Waals surface area contributed by atoms with Crippen LogP contribution in [0.3, 0.4) is 0 Å². The molecule has 1 N–H and O–H groups in total. The molecule has 0 aliphatic carbocycles. The smallest absolute Gasteiger partial charge is 0.266 e. The molecule has 0 saturated carbocycles. The third-order valence-electron chi connectivity index (χ3n) is 3.85. The molecule has 0 unspecified atom stereocenters. The Labute approximate surface area is 155 Å². The Morgan fingerprint density at radius 1 is 1.19 bits per heavy atom. The second kappa shape index (κ2) is 8.17. The van der Waals surface area contributed by atoms with Gasteiger partial charge >= 0.3 is 0 Å². The molecule has 1 aromatic carbocycles. The molecule has 27 heavy (non-hydrogen) atoms. The van der Waals surface area contributed by atoms with E-state index < -0.39 is 0 Å². The molecular formula is C18H19N5O4. The largest absolute Gasteiger partial charge is 0.497 e. The van der Waals surface area contributed by atoms with Crippen molar-refractivity contribution in [3.8, 4) is 17.3 Å². The van der Waals surface area contributed by atoms with Gasteiger partial charge in [-0.05, 0) is 24.3 Å². The summed E-state index contributed by atoms with van der Waals surface area (Å²) < 4.78 is 13.2. The van der Waals surface area contributed by atoms with Crippen LogP contribution in [0.5, 0.6) is 11.5 Å². The van der Waals surface area contributed by atoms with Gasteiger partial charge in [0.05, 0.1) is 26.3 Å². The SMILES string of the molecule is COc1ccc(C(=O)NCCn2nc(-n3cccn3)ccc2=O)c(OC)c1. The monoisotopic (exact) mass is 369 g/mol. The van der Waals surface area contributed by atoms with E-state index in [2.05, 4.69) is 15.5 Å². The predicted molar refractivity (Wildman–Crippen MR) is 97.5 cm³/mol. The first-order valence-corrected chi connectivity index (χ1v) is 8.21. The summed E-state index contributed by atoms with van der Waals surface area (Å²) in [7, 11) is 3.02. The Hall–Kier alpha value is -3.62. The zero-order valence-corrected chi connectivity index (χ0v) is 15.0. The highest BCUT2D eigenvalue weighted by Gasteiger charge is 2.13. The summed E-state index contributed by atoms with van der Waals surface area (Å²) in [6, 6.07) is 9.70. The minimum atomic E-state index is -0.314. The highest BCUT2D eigenvalue weighted by Crippen LogP contribution is 2.24. The van der Waals surface area contributed by atoms with Gasteiger partial charge < -0.3 is 14.8 Å². The van der Waals surface area contributed by atoms with Crippen molar-refractivity contribution in [1.29, 1.82) is 0 Å². The van der Waals surface area contributed by atoms with Crippen LogP contribution in [0, 0.1) is 0 Å². The fourth-order valence-corrected chi connectivity index (χ4v) is 2.48. The summed E-state index contributed by atoms with van der Waals surface area (Å²) in [6.07, 6.45) is 3.36. The molecule has 0 atom stereocenters. The normalized spacial score (nSPS) is 10.4. The summed E-state index contributed by atoms with van der Waals surface area (Å²) in [5.74, 6) is 1.20. The van der Waals surface area contributed by atoms with Gasteiger partial charge in [0.25, 0.3) is 11.5 Å². The van der Waals surface area contributed by atoms with Crippen LogP contribution in [0.25, 0.3) is 5.82 Å². The number of nitrogens with zero attached hydrogens (tertiary/aromatic N) is 4. The van der Waals surface area contributed by atoms with E-state index in [1.165, 1.54) is 25.0 Å². The molecule has 2 heterocycles. The maximum Gasteiger partial charge on any atom is 0.266 e. The first kappa shape index (κ1) is 18.2. The minimum absolute atomic E-state index is 0.220. The highest BCUT2D eigenvalue weighted by atomic mass is 16.5. The number of ether oxygens (including phenoxy) is 2. The molecule has 0 bridgehead atoms. The van der Waals surface area contributed by atoms with Crippen molar-refractivity contribution in [2.24, 2.45) is 0 Å². The van der Waals surface area contributed by atoms with Gasteiger partial charge in [0.1, 0.15) is 11.5 Å². The van der Waals surface area contributed by atoms with Crippen molar-refractivity contribution in [2.75, 3.05) is 20.8 Å². The van der Waals surface area contributed by atoms with E-state index in [4.69, 9.17) is 9.47 Å². The maximum atomic E-state index is 12.4. The number of nitrogens with one attached hydrogen (secondary N) is 1. The summed E-state index contributed by atoms with van der Waals surface area (Å²) in [5, 5.41) is 11.1. The standard InChI is InChI=1S/C18H19N5O4/c1-26-13-4-5-14(15(12-13)27-2)18(25)19-9-11-23-17(24)7-6-16(21-23)22-10-3-8-20-22/h3-8,10,12H,9,11H2,1-2H3,(H,19,25). The van der Waals surface area contributed by atoms with Gasteiger partial charge in [-0.2, -0.15) is 5.10 Å². The zero-order chi connectivity index (χ0) is 19.2. The molecule has 3 aromatic rings. The van der Waals surface area contributed by atoms with Gasteiger partial charge in [-0.25, -0.2) is 9.36 Å². The van der Waals surface area contributed by atoms with E-state index in [0.29, 0.717) is 22.9 Å². The Balaban J connectivity index is 1.67. The molecule has 0 aliphatic heterocycles.